The molecule has 0 saturated carbocycles. The second-order valence-corrected chi connectivity index (χ2v) is 4.21. The SMILES string of the molecule is CCCCc1noc(C2CCC(CN)O2)n1. The van der Waals surface area contributed by atoms with Crippen LogP contribution >= 0.6 is 0 Å². The number of rotatable bonds is 5. The molecule has 2 atom stereocenters. The van der Waals surface area contributed by atoms with E-state index in [1.165, 1.54) is 0 Å². The number of unbranched alkanes of at least 4 members (excludes halogenated alkanes) is 1. The Hall–Kier alpha value is -0.940. The summed E-state index contributed by atoms with van der Waals surface area (Å²) in [5.41, 5.74) is 5.55. The maximum Gasteiger partial charge on any atom is 0.255 e. The molecular formula is C11H19N3O2. The molecule has 1 aromatic rings. The highest BCUT2D eigenvalue weighted by Crippen LogP contribution is 2.31. The summed E-state index contributed by atoms with van der Waals surface area (Å²) in [7, 11) is 0. The maximum absolute atomic E-state index is 5.69. The van der Waals surface area contributed by atoms with Gasteiger partial charge in [-0.15, -0.1) is 0 Å². The molecule has 1 aliphatic heterocycles. The Labute approximate surface area is 95.3 Å². The van der Waals surface area contributed by atoms with E-state index in [9.17, 15) is 0 Å². The molecule has 2 heterocycles. The lowest BCUT2D eigenvalue weighted by atomic mass is 10.2. The molecule has 0 aromatic carbocycles. The second kappa shape index (κ2) is 5.41. The molecule has 1 aliphatic rings. The standard InChI is InChI=1S/C11H19N3O2/c1-2-3-4-10-13-11(16-14-10)9-6-5-8(7-12)15-9/h8-9H,2-7,12H2,1H3. The minimum Gasteiger partial charge on any atom is -0.364 e. The summed E-state index contributed by atoms with van der Waals surface area (Å²) in [5.74, 6) is 1.40. The monoisotopic (exact) mass is 225 g/mol. The summed E-state index contributed by atoms with van der Waals surface area (Å²) in [5, 5.41) is 3.95. The highest BCUT2D eigenvalue weighted by molar-refractivity contribution is 4.93. The Bertz CT molecular complexity index is 327. The molecule has 2 unspecified atom stereocenters. The zero-order valence-electron chi connectivity index (χ0n) is 9.69. The third-order valence-corrected chi connectivity index (χ3v) is 2.88. The van der Waals surface area contributed by atoms with E-state index in [1.54, 1.807) is 0 Å². The minimum atomic E-state index is -0.0450. The average molecular weight is 225 g/mol. The van der Waals surface area contributed by atoms with Crippen LogP contribution in [0.4, 0.5) is 0 Å². The first kappa shape index (κ1) is 11.5. The molecular weight excluding hydrogens is 206 g/mol. The molecule has 1 fully saturated rings. The van der Waals surface area contributed by atoms with Gasteiger partial charge in [0.15, 0.2) is 5.82 Å². The van der Waals surface area contributed by atoms with Crippen LogP contribution in [0.1, 0.15) is 50.4 Å². The minimum absolute atomic E-state index is 0.0450. The smallest absolute Gasteiger partial charge is 0.255 e. The van der Waals surface area contributed by atoms with Crippen LogP contribution < -0.4 is 5.73 Å². The van der Waals surface area contributed by atoms with E-state index in [0.717, 1.165) is 37.9 Å². The van der Waals surface area contributed by atoms with Crippen LogP contribution in [0.3, 0.4) is 0 Å². The van der Waals surface area contributed by atoms with Crippen LogP contribution in [0.15, 0.2) is 4.52 Å². The van der Waals surface area contributed by atoms with E-state index in [2.05, 4.69) is 17.1 Å². The Kier molecular flexibility index (Phi) is 3.90. The number of hydrogen-bond acceptors (Lipinski definition) is 5. The van der Waals surface area contributed by atoms with Gasteiger partial charge >= 0.3 is 0 Å². The molecule has 1 saturated heterocycles. The summed E-state index contributed by atoms with van der Waals surface area (Å²) in [6.07, 6.45) is 5.13. The summed E-state index contributed by atoms with van der Waals surface area (Å²) in [6, 6.07) is 0. The van der Waals surface area contributed by atoms with E-state index >= 15 is 0 Å². The van der Waals surface area contributed by atoms with Gasteiger partial charge in [0, 0.05) is 13.0 Å². The van der Waals surface area contributed by atoms with Gasteiger partial charge in [-0.25, -0.2) is 0 Å². The number of aryl methyl sites for hydroxylation is 1. The third-order valence-electron chi connectivity index (χ3n) is 2.88. The van der Waals surface area contributed by atoms with E-state index in [4.69, 9.17) is 15.0 Å². The second-order valence-electron chi connectivity index (χ2n) is 4.21. The van der Waals surface area contributed by atoms with Crippen LogP contribution in [0, 0.1) is 0 Å². The van der Waals surface area contributed by atoms with Crippen LogP contribution in [-0.4, -0.2) is 22.8 Å². The first-order valence-electron chi connectivity index (χ1n) is 6.01. The predicted molar refractivity (Wildman–Crippen MR) is 58.8 cm³/mol. The molecule has 2 N–H and O–H groups in total. The van der Waals surface area contributed by atoms with E-state index in [1.807, 2.05) is 0 Å². The van der Waals surface area contributed by atoms with E-state index in [0.29, 0.717) is 12.4 Å². The van der Waals surface area contributed by atoms with Gasteiger partial charge in [0.05, 0.1) is 6.10 Å². The summed E-state index contributed by atoms with van der Waals surface area (Å²) in [6.45, 7) is 2.71. The molecule has 2 rings (SSSR count). The van der Waals surface area contributed by atoms with Crippen LogP contribution in [-0.2, 0) is 11.2 Å². The molecule has 0 bridgehead atoms. The lowest BCUT2D eigenvalue weighted by Crippen LogP contribution is -2.18. The molecule has 5 heteroatoms. The van der Waals surface area contributed by atoms with Gasteiger partial charge in [0.2, 0.25) is 0 Å². The quantitative estimate of drug-likeness (QED) is 0.823. The van der Waals surface area contributed by atoms with Crippen LogP contribution in [0.25, 0.3) is 0 Å². The number of hydrogen-bond donors (Lipinski definition) is 1. The van der Waals surface area contributed by atoms with Crippen LogP contribution in [0.5, 0.6) is 0 Å². The van der Waals surface area contributed by atoms with Crippen molar-refractivity contribution in [3.05, 3.63) is 11.7 Å². The normalized spacial score (nSPS) is 25.1. The van der Waals surface area contributed by atoms with Crippen molar-refractivity contribution in [1.82, 2.24) is 10.1 Å². The van der Waals surface area contributed by atoms with Gasteiger partial charge in [-0.05, 0) is 19.3 Å². The van der Waals surface area contributed by atoms with Gasteiger partial charge in [-0.3, -0.25) is 0 Å². The first-order chi connectivity index (χ1) is 7.83. The zero-order chi connectivity index (χ0) is 11.4. The topological polar surface area (TPSA) is 74.2 Å². The average Bonchev–Trinajstić information content (AvgIpc) is 2.94. The van der Waals surface area contributed by atoms with Crippen molar-refractivity contribution in [2.75, 3.05) is 6.54 Å². The Balaban J connectivity index is 1.92. The van der Waals surface area contributed by atoms with Gasteiger partial charge in [0.25, 0.3) is 5.89 Å². The number of nitrogens with zero attached hydrogens (tertiary/aromatic N) is 2. The van der Waals surface area contributed by atoms with Crippen molar-refractivity contribution in [3.8, 4) is 0 Å². The number of nitrogens with two attached hydrogens (primary N) is 1. The highest BCUT2D eigenvalue weighted by Gasteiger charge is 2.29. The van der Waals surface area contributed by atoms with E-state index < -0.39 is 0 Å². The lowest BCUT2D eigenvalue weighted by molar-refractivity contribution is 0.0307. The Morgan fingerprint density at radius 3 is 3.00 bits per heavy atom. The van der Waals surface area contributed by atoms with Crippen molar-refractivity contribution in [2.45, 2.75) is 51.2 Å². The lowest BCUT2D eigenvalue weighted by Gasteiger charge is -2.07. The molecule has 0 amide bonds. The zero-order valence-corrected chi connectivity index (χ0v) is 9.69. The van der Waals surface area contributed by atoms with Gasteiger partial charge in [0.1, 0.15) is 6.10 Å². The van der Waals surface area contributed by atoms with Gasteiger partial charge in [-0.2, -0.15) is 4.98 Å². The molecule has 5 nitrogen and oxygen atoms in total. The molecule has 0 radical (unpaired) electrons. The maximum atomic E-state index is 5.69. The number of ether oxygens (including phenoxy) is 1. The largest absolute Gasteiger partial charge is 0.364 e. The fourth-order valence-electron chi connectivity index (χ4n) is 1.90. The Morgan fingerprint density at radius 2 is 2.31 bits per heavy atom. The third kappa shape index (κ3) is 2.59. The van der Waals surface area contributed by atoms with Gasteiger partial charge < -0.3 is 15.0 Å². The van der Waals surface area contributed by atoms with Crippen molar-refractivity contribution in [1.29, 1.82) is 0 Å². The van der Waals surface area contributed by atoms with Crippen molar-refractivity contribution >= 4 is 0 Å². The molecule has 90 valence electrons. The summed E-state index contributed by atoms with van der Waals surface area (Å²) >= 11 is 0. The Morgan fingerprint density at radius 1 is 1.44 bits per heavy atom. The van der Waals surface area contributed by atoms with Gasteiger partial charge in [-0.1, -0.05) is 18.5 Å². The van der Waals surface area contributed by atoms with E-state index in [-0.39, 0.29) is 12.2 Å². The van der Waals surface area contributed by atoms with Crippen molar-refractivity contribution < 1.29 is 9.26 Å². The van der Waals surface area contributed by atoms with Crippen molar-refractivity contribution in [2.24, 2.45) is 5.73 Å². The fraction of sp³-hybridized carbons (Fsp3) is 0.818. The van der Waals surface area contributed by atoms with Crippen LogP contribution in [0.2, 0.25) is 0 Å². The first-order valence-corrected chi connectivity index (χ1v) is 6.01. The van der Waals surface area contributed by atoms with Crippen molar-refractivity contribution in [3.63, 3.8) is 0 Å². The predicted octanol–water partition coefficient (Wildman–Crippen LogP) is 1.59. The molecule has 0 spiro atoms. The molecule has 0 aliphatic carbocycles. The summed E-state index contributed by atoms with van der Waals surface area (Å²) < 4.78 is 10.9. The molecule has 16 heavy (non-hydrogen) atoms. The highest BCUT2D eigenvalue weighted by atomic mass is 16.5. The molecule has 1 aromatic heterocycles. The number of aromatic nitrogens is 2. The fourth-order valence-corrected chi connectivity index (χ4v) is 1.90. The summed E-state index contributed by atoms with van der Waals surface area (Å²) in [4.78, 5) is 4.35.